The van der Waals surface area contributed by atoms with Crippen LogP contribution >= 0.6 is 0 Å². The van der Waals surface area contributed by atoms with Crippen molar-refractivity contribution < 1.29 is 4.39 Å². The third kappa shape index (κ3) is 2.72. The number of halogens is 1. The Labute approximate surface area is 145 Å². The molecule has 0 aliphatic heterocycles. The van der Waals surface area contributed by atoms with E-state index in [0.29, 0.717) is 0 Å². The fourth-order valence-electron chi connectivity index (χ4n) is 2.55. The van der Waals surface area contributed by atoms with Gasteiger partial charge in [-0.3, -0.25) is 0 Å². The summed E-state index contributed by atoms with van der Waals surface area (Å²) in [7, 11) is 0. The van der Waals surface area contributed by atoms with Crippen LogP contribution < -0.4 is 0 Å². The number of benzene rings is 3. The van der Waals surface area contributed by atoms with E-state index in [1.54, 1.807) is 0 Å². The van der Waals surface area contributed by atoms with Crippen LogP contribution in [0.5, 0.6) is 0 Å². The average molecular weight is 484 g/mol. The van der Waals surface area contributed by atoms with Gasteiger partial charge in [0.1, 0.15) is 0 Å². The molecule has 4 rings (SSSR count). The molecule has 0 aromatic heterocycles. The number of rotatable bonds is 2. The van der Waals surface area contributed by atoms with Crippen LogP contribution in [0, 0.1) is 5.82 Å². The molecule has 1 aliphatic rings. The van der Waals surface area contributed by atoms with E-state index in [1.165, 1.54) is 6.07 Å². The first-order valence-electron chi connectivity index (χ1n) is 7.36. The van der Waals surface area contributed by atoms with Crippen LogP contribution in [-0.4, -0.2) is 29.0 Å². The standard InChI is InChI=1S/C17H9FN.C2H6.Pb/c18-15-7-6-12-8-13(9-14-16(12)17(14)15)19-10-11-4-2-1-3-5-11;1-2;/h1-9H;1-2H3;. The zero-order valence-corrected chi connectivity index (χ0v) is 16.4. The molecule has 1 nitrogen and oxygen atoms in total. The van der Waals surface area contributed by atoms with E-state index in [2.05, 4.69) is 12.1 Å². The summed E-state index contributed by atoms with van der Waals surface area (Å²) in [4.78, 5) is 4.72. The number of fused-ring (bicyclic) bond motifs is 1. The first-order valence-corrected chi connectivity index (χ1v) is 9.31. The van der Waals surface area contributed by atoms with Crippen LogP contribution in [-0.2, 0) is 0 Å². The predicted molar refractivity (Wildman–Crippen MR) is 92.6 cm³/mol. The molecule has 0 N–H and O–H groups in total. The molecule has 0 saturated carbocycles. The van der Waals surface area contributed by atoms with E-state index in [-0.39, 0.29) is 5.82 Å². The number of hydrogen-bond acceptors (Lipinski definition) is 1. The fraction of sp³-hybridized carbons (Fsp3) is 0.105. The van der Waals surface area contributed by atoms with Crippen LogP contribution in [0.25, 0.3) is 21.9 Å². The molecule has 3 aromatic rings. The van der Waals surface area contributed by atoms with Crippen LogP contribution in [0.4, 0.5) is 10.1 Å². The molecule has 1 aliphatic carbocycles. The zero-order valence-electron chi connectivity index (χ0n) is 12.5. The quantitative estimate of drug-likeness (QED) is 0.274. The van der Waals surface area contributed by atoms with Gasteiger partial charge in [-0.1, -0.05) is 13.8 Å². The molecule has 0 amide bonds. The van der Waals surface area contributed by atoms with Gasteiger partial charge < -0.3 is 0 Å². The van der Waals surface area contributed by atoms with Gasteiger partial charge in [-0.25, -0.2) is 0 Å². The fourth-order valence-corrected chi connectivity index (χ4v) is 3.70. The summed E-state index contributed by atoms with van der Waals surface area (Å²) >= 11 is 0.878. The van der Waals surface area contributed by atoms with E-state index >= 15 is 0 Å². The van der Waals surface area contributed by atoms with Gasteiger partial charge in [-0.05, 0) is 0 Å². The summed E-state index contributed by atoms with van der Waals surface area (Å²) in [5.74, 6) is -0.122. The Kier molecular flexibility index (Phi) is 4.38. The van der Waals surface area contributed by atoms with E-state index in [4.69, 9.17) is 4.99 Å². The van der Waals surface area contributed by atoms with Crippen LogP contribution in [0.15, 0.2) is 59.6 Å². The van der Waals surface area contributed by atoms with Gasteiger partial charge in [0, 0.05) is 0 Å². The van der Waals surface area contributed by atoms with Crippen molar-refractivity contribution >= 4 is 45.5 Å². The SMILES string of the molecule is CC.Fc1ccc2cc(N=[C]([Pb])c3ccccc3)cc3c2c1-3. The molecule has 22 heavy (non-hydrogen) atoms. The Bertz CT molecular complexity index is 869. The molecule has 0 bridgehead atoms. The molecule has 3 radical (unpaired) electrons. The summed E-state index contributed by atoms with van der Waals surface area (Å²) in [6.45, 7) is 4.00. The van der Waals surface area contributed by atoms with Gasteiger partial charge in [-0.15, -0.1) is 0 Å². The van der Waals surface area contributed by atoms with Crippen LogP contribution in [0.3, 0.4) is 0 Å². The van der Waals surface area contributed by atoms with Crippen molar-refractivity contribution in [1.82, 2.24) is 0 Å². The summed E-state index contributed by atoms with van der Waals surface area (Å²) < 4.78 is 14.7. The molecule has 107 valence electrons. The van der Waals surface area contributed by atoms with E-state index in [1.807, 2.05) is 50.2 Å². The van der Waals surface area contributed by atoms with E-state index in [9.17, 15) is 4.39 Å². The summed E-state index contributed by atoms with van der Waals surface area (Å²) in [6, 6.07) is 17.6. The minimum atomic E-state index is -0.122. The van der Waals surface area contributed by atoms with Crippen molar-refractivity contribution in [1.29, 1.82) is 0 Å². The first-order chi connectivity index (χ1) is 10.7. The Morgan fingerprint density at radius 3 is 2.45 bits per heavy atom. The maximum absolute atomic E-state index is 13.6. The third-order valence-electron chi connectivity index (χ3n) is 3.55. The molecule has 0 heterocycles. The topological polar surface area (TPSA) is 12.4 Å². The van der Waals surface area contributed by atoms with Gasteiger partial charge in [0.05, 0.1) is 0 Å². The Hall–Kier alpha value is -1.56. The second-order valence-electron chi connectivity index (χ2n) is 4.84. The van der Waals surface area contributed by atoms with E-state index in [0.717, 1.165) is 62.2 Å². The van der Waals surface area contributed by atoms with Crippen LogP contribution in [0.1, 0.15) is 19.4 Å². The number of hydrogen-bond donors (Lipinski definition) is 0. The van der Waals surface area contributed by atoms with Crippen molar-refractivity contribution in [2.45, 2.75) is 13.8 Å². The maximum atomic E-state index is 13.6. The van der Waals surface area contributed by atoms with Crippen molar-refractivity contribution in [3.8, 4) is 11.1 Å². The predicted octanol–water partition coefficient (Wildman–Crippen LogP) is 5.23. The molecule has 0 atom stereocenters. The number of nitrogens with zero attached hydrogens (tertiary/aromatic N) is 1. The van der Waals surface area contributed by atoms with Crippen molar-refractivity contribution in [2.24, 2.45) is 4.99 Å². The number of aliphatic imine (C=N–C) groups is 1. The molecule has 0 spiro atoms. The Morgan fingerprint density at radius 2 is 1.73 bits per heavy atom. The van der Waals surface area contributed by atoms with Gasteiger partial charge >= 0.3 is 132 Å². The van der Waals surface area contributed by atoms with Crippen molar-refractivity contribution in [3.63, 3.8) is 0 Å². The molecule has 0 saturated heterocycles. The molecule has 0 unspecified atom stereocenters. The Balaban J connectivity index is 0.000000693. The first kappa shape index (κ1) is 15.3. The molecule has 0 fully saturated rings. The van der Waals surface area contributed by atoms with Crippen LogP contribution in [0.2, 0.25) is 0 Å². The van der Waals surface area contributed by atoms with Crippen molar-refractivity contribution in [2.75, 3.05) is 0 Å². The van der Waals surface area contributed by atoms with Crippen molar-refractivity contribution in [3.05, 3.63) is 66.0 Å². The molecular formula is C19H15FNPb. The summed E-state index contributed by atoms with van der Waals surface area (Å²) in [5, 5.41) is 2.15. The normalized spacial score (nSPS) is 11.9. The Morgan fingerprint density at radius 1 is 1.00 bits per heavy atom. The van der Waals surface area contributed by atoms with Gasteiger partial charge in [0.2, 0.25) is 0 Å². The monoisotopic (exact) mass is 484 g/mol. The summed E-state index contributed by atoms with van der Waals surface area (Å²) in [5.41, 5.74) is 3.88. The van der Waals surface area contributed by atoms with E-state index < -0.39 is 0 Å². The minimum absolute atomic E-state index is 0.122. The third-order valence-corrected chi connectivity index (χ3v) is 5.10. The second-order valence-corrected chi connectivity index (χ2v) is 6.68. The molecular weight excluding hydrogens is 468 g/mol. The summed E-state index contributed by atoms with van der Waals surface area (Å²) in [6.07, 6.45) is 0. The second kappa shape index (κ2) is 6.28. The molecule has 3 aromatic carbocycles. The average Bonchev–Trinajstić information content (AvgIpc) is 3.29. The van der Waals surface area contributed by atoms with Gasteiger partial charge in [0.15, 0.2) is 0 Å². The molecule has 3 heteroatoms. The van der Waals surface area contributed by atoms with Gasteiger partial charge in [-0.2, -0.15) is 0 Å². The van der Waals surface area contributed by atoms with Gasteiger partial charge in [0.25, 0.3) is 0 Å². The zero-order chi connectivity index (χ0) is 15.7.